The molecule has 0 bridgehead atoms. The molecule has 0 amide bonds. The van der Waals surface area contributed by atoms with Crippen molar-refractivity contribution in [3.05, 3.63) is 73.3 Å². The molecule has 3 aromatic rings. The molecule has 0 radical (unpaired) electrons. The summed E-state index contributed by atoms with van der Waals surface area (Å²) in [6.07, 6.45) is 0. The lowest BCUT2D eigenvalue weighted by molar-refractivity contribution is -0.383. The van der Waals surface area contributed by atoms with Crippen LogP contribution in [0.2, 0.25) is 0 Å². The van der Waals surface area contributed by atoms with Gasteiger partial charge in [-0.1, -0.05) is 18.2 Å². The molecule has 9 nitrogen and oxygen atoms in total. The quantitative estimate of drug-likeness (QED) is 0.320. The van der Waals surface area contributed by atoms with Crippen LogP contribution in [0.15, 0.2) is 52.1 Å². The minimum atomic E-state index is -0.535. The molecule has 0 spiro atoms. The van der Waals surface area contributed by atoms with Crippen LogP contribution >= 0.6 is 12.2 Å². The summed E-state index contributed by atoms with van der Waals surface area (Å²) < 4.78 is 0. The van der Waals surface area contributed by atoms with Crippen LogP contribution in [0.25, 0.3) is 10.8 Å². The zero-order chi connectivity index (χ0) is 18.0. The molecule has 0 aliphatic heterocycles. The second-order valence-corrected chi connectivity index (χ2v) is 5.40. The molecular weight excluding hydrogens is 346 g/mol. The summed E-state index contributed by atoms with van der Waals surface area (Å²) in [6.45, 7) is 0. The van der Waals surface area contributed by atoms with Crippen LogP contribution in [-0.2, 0) is 0 Å². The van der Waals surface area contributed by atoms with E-state index in [2.05, 4.69) is 20.8 Å². The summed E-state index contributed by atoms with van der Waals surface area (Å²) >= 11 is 5.16. The van der Waals surface area contributed by atoms with Gasteiger partial charge in [0, 0.05) is 6.07 Å². The van der Waals surface area contributed by atoms with E-state index in [1.54, 1.807) is 18.2 Å². The Morgan fingerprint density at radius 3 is 2.36 bits per heavy atom. The minimum Gasteiger partial charge on any atom is -0.332 e. The van der Waals surface area contributed by atoms with Crippen LogP contribution < -0.4 is 21.8 Å². The van der Waals surface area contributed by atoms with Crippen molar-refractivity contribution in [1.82, 2.24) is 10.2 Å². The van der Waals surface area contributed by atoms with Gasteiger partial charge in [-0.3, -0.25) is 29.9 Å². The number of aromatic amines is 2. The molecule has 0 atom stereocenters. The summed E-state index contributed by atoms with van der Waals surface area (Å²) in [6, 6.07) is 10.7. The monoisotopic (exact) mass is 357 g/mol. The van der Waals surface area contributed by atoms with Crippen molar-refractivity contribution in [3.63, 3.8) is 0 Å². The van der Waals surface area contributed by atoms with Gasteiger partial charge >= 0.3 is 0 Å². The van der Waals surface area contributed by atoms with Crippen LogP contribution in [0.1, 0.15) is 0 Å². The summed E-state index contributed by atoms with van der Waals surface area (Å²) in [5.74, 6) is 0. The Morgan fingerprint density at radius 1 is 0.960 bits per heavy atom. The molecule has 1 heterocycles. The Bertz CT molecular complexity index is 1100. The van der Waals surface area contributed by atoms with Crippen molar-refractivity contribution in [3.8, 4) is 0 Å². The number of nitro groups is 1. The largest absolute Gasteiger partial charge is 0.332 e. The number of rotatable bonds is 3. The number of thiocarbonyl (C=S) groups is 1. The van der Waals surface area contributed by atoms with Gasteiger partial charge in [-0.15, -0.1) is 0 Å². The Hall–Kier alpha value is -3.53. The fourth-order valence-electron chi connectivity index (χ4n) is 2.35. The number of fused-ring (bicyclic) bond motifs is 1. The van der Waals surface area contributed by atoms with Gasteiger partial charge in [0.25, 0.3) is 16.8 Å². The third-order valence-electron chi connectivity index (χ3n) is 3.42. The highest BCUT2D eigenvalue weighted by Crippen LogP contribution is 2.24. The van der Waals surface area contributed by atoms with Gasteiger partial charge in [0.05, 0.1) is 21.4 Å². The molecule has 126 valence electrons. The molecule has 0 fully saturated rings. The second kappa shape index (κ2) is 6.53. The molecule has 25 heavy (non-hydrogen) atoms. The molecule has 0 saturated heterocycles. The number of nitrogens with zero attached hydrogens (tertiary/aromatic N) is 1. The van der Waals surface area contributed by atoms with E-state index in [0.29, 0.717) is 5.69 Å². The number of nitrogens with one attached hydrogen (secondary N) is 4. The van der Waals surface area contributed by atoms with Gasteiger partial charge in [0.1, 0.15) is 5.69 Å². The number of H-pyrrole nitrogens is 2. The van der Waals surface area contributed by atoms with Gasteiger partial charge in [-0.25, -0.2) is 0 Å². The van der Waals surface area contributed by atoms with Crippen LogP contribution in [0.4, 0.5) is 17.1 Å². The van der Waals surface area contributed by atoms with Crippen LogP contribution in [0.5, 0.6) is 0 Å². The lowest BCUT2D eigenvalue weighted by atomic mass is 10.1. The van der Waals surface area contributed by atoms with Crippen molar-refractivity contribution in [2.24, 2.45) is 0 Å². The molecule has 0 unspecified atom stereocenters. The fraction of sp³-hybridized carbons (Fsp3) is 0. The summed E-state index contributed by atoms with van der Waals surface area (Å²) in [5.41, 5.74) is -0.571. The van der Waals surface area contributed by atoms with Crippen molar-refractivity contribution in [1.29, 1.82) is 0 Å². The van der Waals surface area contributed by atoms with E-state index in [4.69, 9.17) is 12.2 Å². The molecule has 2 aromatic carbocycles. The minimum absolute atomic E-state index is 0.0430. The molecule has 0 aliphatic carbocycles. The number of nitro benzene ring substituents is 1. The third kappa shape index (κ3) is 3.23. The topological polar surface area (TPSA) is 133 Å². The van der Waals surface area contributed by atoms with E-state index in [1.165, 1.54) is 24.3 Å². The second-order valence-electron chi connectivity index (χ2n) is 4.99. The summed E-state index contributed by atoms with van der Waals surface area (Å²) in [5, 5.41) is 21.4. The highest BCUT2D eigenvalue weighted by molar-refractivity contribution is 7.80. The van der Waals surface area contributed by atoms with Crippen molar-refractivity contribution in [2.75, 3.05) is 10.6 Å². The highest BCUT2D eigenvalue weighted by Gasteiger charge is 2.14. The molecule has 1 aromatic heterocycles. The standard InChI is InChI=1S/C15H11N5O4S/c21-13-8-4-3-6-10(12(8)14(22)19-18-13)17-15(25)16-9-5-1-2-7-11(9)20(23)24/h1-7H,(H,18,21)(H,19,22)(H2,16,17,25). The lowest BCUT2D eigenvalue weighted by Gasteiger charge is -2.12. The molecule has 4 N–H and O–H groups in total. The zero-order valence-corrected chi connectivity index (χ0v) is 13.3. The van der Waals surface area contributed by atoms with Gasteiger partial charge in [-0.2, -0.15) is 0 Å². The maximum absolute atomic E-state index is 12.0. The first-order chi connectivity index (χ1) is 12.0. The smallest absolute Gasteiger partial charge is 0.292 e. The molecular formula is C15H11N5O4S. The molecule has 0 saturated carbocycles. The van der Waals surface area contributed by atoms with Crippen LogP contribution in [0.3, 0.4) is 0 Å². The van der Waals surface area contributed by atoms with Crippen molar-refractivity contribution < 1.29 is 4.92 Å². The number of aromatic nitrogens is 2. The molecule has 3 rings (SSSR count). The number of anilines is 2. The zero-order valence-electron chi connectivity index (χ0n) is 12.5. The number of para-hydroxylation sites is 2. The number of hydrogen-bond donors (Lipinski definition) is 4. The highest BCUT2D eigenvalue weighted by atomic mass is 32.1. The maximum Gasteiger partial charge on any atom is 0.292 e. The van der Waals surface area contributed by atoms with Crippen LogP contribution in [-0.4, -0.2) is 20.2 Å². The average molecular weight is 357 g/mol. The van der Waals surface area contributed by atoms with Crippen molar-refractivity contribution >= 4 is 45.2 Å². The van der Waals surface area contributed by atoms with E-state index in [-0.39, 0.29) is 27.3 Å². The Balaban J connectivity index is 1.94. The maximum atomic E-state index is 12.0. The lowest BCUT2D eigenvalue weighted by Crippen LogP contribution is -2.23. The first kappa shape index (κ1) is 16.3. The van der Waals surface area contributed by atoms with Gasteiger partial charge in [0.2, 0.25) is 0 Å². The predicted molar refractivity (Wildman–Crippen MR) is 98.1 cm³/mol. The molecule has 10 heteroatoms. The van der Waals surface area contributed by atoms with Gasteiger partial charge in [0.15, 0.2) is 5.11 Å². The van der Waals surface area contributed by atoms with Gasteiger partial charge in [-0.05, 0) is 30.4 Å². The Morgan fingerprint density at radius 2 is 1.60 bits per heavy atom. The normalized spacial score (nSPS) is 10.4. The van der Waals surface area contributed by atoms with E-state index in [0.717, 1.165) is 0 Å². The Kier molecular flexibility index (Phi) is 4.27. The van der Waals surface area contributed by atoms with Gasteiger partial charge < -0.3 is 10.6 Å². The van der Waals surface area contributed by atoms with Crippen molar-refractivity contribution in [2.45, 2.75) is 0 Å². The van der Waals surface area contributed by atoms with E-state index >= 15 is 0 Å². The van der Waals surface area contributed by atoms with E-state index < -0.39 is 16.0 Å². The third-order valence-corrected chi connectivity index (χ3v) is 3.63. The van der Waals surface area contributed by atoms with Crippen LogP contribution in [0, 0.1) is 10.1 Å². The average Bonchev–Trinajstić information content (AvgIpc) is 2.58. The first-order valence-corrected chi connectivity index (χ1v) is 7.43. The summed E-state index contributed by atoms with van der Waals surface area (Å²) in [4.78, 5) is 34.3. The predicted octanol–water partition coefficient (Wildman–Crippen LogP) is 1.93. The Labute approximate surface area is 144 Å². The fourth-order valence-corrected chi connectivity index (χ4v) is 2.57. The summed E-state index contributed by atoms with van der Waals surface area (Å²) in [7, 11) is 0. The molecule has 0 aliphatic rings. The van der Waals surface area contributed by atoms with E-state index in [1.807, 2.05) is 0 Å². The first-order valence-electron chi connectivity index (χ1n) is 7.02. The number of benzene rings is 2. The number of hydrogen-bond acceptors (Lipinski definition) is 5. The van der Waals surface area contributed by atoms with E-state index in [9.17, 15) is 19.7 Å². The SMILES string of the molecule is O=c1[nH][nH]c(=O)c2c(NC(=S)Nc3ccccc3[N+](=O)[O-])cccc12.